The van der Waals surface area contributed by atoms with Gasteiger partial charge < -0.3 is 10.3 Å². The lowest BCUT2D eigenvalue weighted by molar-refractivity contribution is -0.116. The number of hydrogen-bond acceptors (Lipinski definition) is 4. The Labute approximate surface area is 173 Å². The Kier molecular flexibility index (Phi) is 4.58. The van der Waals surface area contributed by atoms with Crippen LogP contribution in [-0.4, -0.2) is 39.1 Å². The van der Waals surface area contributed by atoms with Gasteiger partial charge in [0.25, 0.3) is 11.8 Å². The van der Waals surface area contributed by atoms with Gasteiger partial charge in [-0.15, -0.1) is 0 Å². The molecule has 7 nitrogen and oxygen atoms in total. The maximum atomic E-state index is 12.4. The number of carbonyl (C=O) groups excluding carboxylic acids is 3. The highest BCUT2D eigenvalue weighted by molar-refractivity contribution is 6.21. The quantitative estimate of drug-likeness (QED) is 0.612. The van der Waals surface area contributed by atoms with Crippen molar-refractivity contribution in [2.24, 2.45) is 0 Å². The van der Waals surface area contributed by atoms with Crippen molar-refractivity contribution in [2.45, 2.75) is 38.0 Å². The summed E-state index contributed by atoms with van der Waals surface area (Å²) in [4.78, 5) is 46.3. The first-order chi connectivity index (χ1) is 14.6. The molecule has 0 saturated heterocycles. The fourth-order valence-corrected chi connectivity index (χ4v) is 4.05. The summed E-state index contributed by atoms with van der Waals surface area (Å²) in [6.45, 7) is 0.226. The highest BCUT2D eigenvalue weighted by Gasteiger charge is 2.34. The molecule has 1 aliphatic heterocycles. The zero-order valence-electron chi connectivity index (χ0n) is 16.5. The number of benzene rings is 2. The molecule has 1 aliphatic carbocycles. The van der Waals surface area contributed by atoms with Crippen LogP contribution in [-0.2, 0) is 4.79 Å². The van der Waals surface area contributed by atoms with Crippen LogP contribution in [0.1, 0.15) is 64.6 Å². The Bertz CT molecular complexity index is 1130. The molecule has 2 heterocycles. The molecule has 152 valence electrons. The zero-order valence-corrected chi connectivity index (χ0v) is 16.5. The summed E-state index contributed by atoms with van der Waals surface area (Å²) in [5.41, 5.74) is 3.39. The fourth-order valence-electron chi connectivity index (χ4n) is 4.05. The predicted molar refractivity (Wildman–Crippen MR) is 112 cm³/mol. The standard InChI is InChI=1S/C23H22N4O3/c28-20(9-4-12-27-22(29)16-7-1-2-8-17(16)23(27)30)24-15-10-11-18-19(13-15)26-21(25-18)14-5-3-6-14/h1-2,7-8,10-11,13-14H,3-6,9,12H2,(H,24,28)(H,25,26). The Balaban J connectivity index is 1.17. The minimum Gasteiger partial charge on any atom is -0.342 e. The molecule has 0 spiro atoms. The van der Waals surface area contributed by atoms with E-state index in [-0.39, 0.29) is 30.7 Å². The lowest BCUT2D eigenvalue weighted by Gasteiger charge is -2.22. The van der Waals surface area contributed by atoms with Gasteiger partial charge in [0.05, 0.1) is 22.2 Å². The number of carbonyl (C=O) groups is 3. The van der Waals surface area contributed by atoms with Crippen molar-refractivity contribution < 1.29 is 14.4 Å². The first kappa shape index (κ1) is 18.5. The summed E-state index contributed by atoms with van der Waals surface area (Å²) in [6.07, 6.45) is 4.24. The normalized spacial score (nSPS) is 16.1. The smallest absolute Gasteiger partial charge is 0.261 e. The Morgan fingerprint density at radius 2 is 1.83 bits per heavy atom. The first-order valence-corrected chi connectivity index (χ1v) is 10.3. The van der Waals surface area contributed by atoms with E-state index in [1.165, 1.54) is 24.2 Å². The predicted octanol–water partition coefficient (Wildman–Crippen LogP) is 3.85. The van der Waals surface area contributed by atoms with Crippen molar-refractivity contribution in [1.82, 2.24) is 14.9 Å². The van der Waals surface area contributed by atoms with Gasteiger partial charge in [0.15, 0.2) is 0 Å². The average molecular weight is 402 g/mol. The molecule has 1 aromatic heterocycles. The third-order valence-corrected chi connectivity index (χ3v) is 5.94. The van der Waals surface area contributed by atoms with Gasteiger partial charge in [-0.05, 0) is 49.6 Å². The molecule has 30 heavy (non-hydrogen) atoms. The Morgan fingerprint density at radius 3 is 2.50 bits per heavy atom. The number of rotatable bonds is 6. The summed E-state index contributed by atoms with van der Waals surface area (Å²) < 4.78 is 0. The van der Waals surface area contributed by atoms with Gasteiger partial charge in [0.2, 0.25) is 5.91 Å². The van der Waals surface area contributed by atoms with E-state index < -0.39 is 0 Å². The molecule has 2 N–H and O–H groups in total. The molecule has 3 aromatic rings. The maximum absolute atomic E-state index is 12.4. The second kappa shape index (κ2) is 7.40. The molecule has 0 radical (unpaired) electrons. The van der Waals surface area contributed by atoms with Crippen LogP contribution in [0.3, 0.4) is 0 Å². The van der Waals surface area contributed by atoms with Crippen LogP contribution in [0.2, 0.25) is 0 Å². The first-order valence-electron chi connectivity index (χ1n) is 10.3. The molecule has 7 heteroatoms. The minimum absolute atomic E-state index is 0.148. The number of fused-ring (bicyclic) bond motifs is 2. The van der Waals surface area contributed by atoms with Crippen LogP contribution in [0.25, 0.3) is 11.0 Å². The molecule has 2 aliphatic rings. The van der Waals surface area contributed by atoms with E-state index in [2.05, 4.69) is 15.3 Å². The fraction of sp³-hybridized carbons (Fsp3) is 0.304. The van der Waals surface area contributed by atoms with Crippen molar-refractivity contribution in [3.05, 3.63) is 59.4 Å². The highest BCUT2D eigenvalue weighted by Crippen LogP contribution is 2.35. The van der Waals surface area contributed by atoms with Gasteiger partial charge in [0, 0.05) is 24.6 Å². The average Bonchev–Trinajstić information content (AvgIpc) is 3.21. The van der Waals surface area contributed by atoms with Crippen molar-refractivity contribution >= 4 is 34.4 Å². The topological polar surface area (TPSA) is 95.2 Å². The van der Waals surface area contributed by atoms with Crippen LogP contribution in [0.15, 0.2) is 42.5 Å². The van der Waals surface area contributed by atoms with Crippen molar-refractivity contribution in [2.75, 3.05) is 11.9 Å². The van der Waals surface area contributed by atoms with E-state index in [1.54, 1.807) is 24.3 Å². The van der Waals surface area contributed by atoms with Gasteiger partial charge in [-0.25, -0.2) is 4.98 Å². The van der Waals surface area contributed by atoms with Crippen molar-refractivity contribution in [3.63, 3.8) is 0 Å². The number of imidazole rings is 1. The number of anilines is 1. The van der Waals surface area contributed by atoms with Gasteiger partial charge >= 0.3 is 0 Å². The lowest BCUT2D eigenvalue weighted by atomic mass is 9.85. The number of hydrogen-bond donors (Lipinski definition) is 2. The molecular weight excluding hydrogens is 380 g/mol. The van der Waals surface area contributed by atoms with E-state index in [4.69, 9.17) is 0 Å². The third-order valence-electron chi connectivity index (χ3n) is 5.94. The zero-order chi connectivity index (χ0) is 20.7. The van der Waals surface area contributed by atoms with Crippen molar-refractivity contribution in [1.29, 1.82) is 0 Å². The van der Waals surface area contributed by atoms with E-state index in [1.807, 2.05) is 18.2 Å². The van der Waals surface area contributed by atoms with Crippen molar-refractivity contribution in [3.8, 4) is 0 Å². The molecular formula is C23H22N4O3. The van der Waals surface area contributed by atoms with E-state index >= 15 is 0 Å². The molecule has 1 fully saturated rings. The van der Waals surface area contributed by atoms with Crippen LogP contribution in [0.4, 0.5) is 5.69 Å². The summed E-state index contributed by atoms with van der Waals surface area (Å²) in [5, 5.41) is 2.89. The maximum Gasteiger partial charge on any atom is 0.261 e. The van der Waals surface area contributed by atoms with E-state index in [9.17, 15) is 14.4 Å². The molecule has 2 aromatic carbocycles. The largest absolute Gasteiger partial charge is 0.342 e. The second-order valence-corrected chi connectivity index (χ2v) is 7.94. The molecule has 0 bridgehead atoms. The van der Waals surface area contributed by atoms with Crippen LogP contribution < -0.4 is 5.32 Å². The summed E-state index contributed by atoms with van der Waals surface area (Å²) in [5.74, 6) is 0.828. The van der Waals surface area contributed by atoms with Gasteiger partial charge in [-0.1, -0.05) is 18.6 Å². The Hall–Kier alpha value is -3.48. The SMILES string of the molecule is O=C(CCCN1C(=O)c2ccccc2C1=O)Nc1ccc2nc(C3CCC3)[nH]c2c1. The number of nitrogens with zero attached hydrogens (tertiary/aromatic N) is 2. The van der Waals surface area contributed by atoms with Crippen LogP contribution in [0, 0.1) is 0 Å². The second-order valence-electron chi connectivity index (χ2n) is 7.94. The number of nitrogens with one attached hydrogen (secondary N) is 2. The molecule has 0 atom stereocenters. The van der Waals surface area contributed by atoms with Gasteiger partial charge in [-0.3, -0.25) is 19.3 Å². The summed E-state index contributed by atoms with van der Waals surface area (Å²) in [6, 6.07) is 12.4. The van der Waals surface area contributed by atoms with Crippen LogP contribution in [0.5, 0.6) is 0 Å². The van der Waals surface area contributed by atoms with Crippen LogP contribution >= 0.6 is 0 Å². The number of imide groups is 1. The van der Waals surface area contributed by atoms with E-state index in [0.29, 0.717) is 29.2 Å². The summed E-state index contributed by atoms with van der Waals surface area (Å²) in [7, 11) is 0. The highest BCUT2D eigenvalue weighted by atomic mass is 16.2. The lowest BCUT2D eigenvalue weighted by Crippen LogP contribution is -2.31. The summed E-state index contributed by atoms with van der Waals surface area (Å²) >= 11 is 0. The van der Waals surface area contributed by atoms with Gasteiger partial charge in [-0.2, -0.15) is 0 Å². The van der Waals surface area contributed by atoms with Gasteiger partial charge in [0.1, 0.15) is 5.82 Å². The van der Waals surface area contributed by atoms with E-state index in [0.717, 1.165) is 16.9 Å². The molecule has 3 amide bonds. The molecule has 5 rings (SSSR count). The Morgan fingerprint density at radius 1 is 1.10 bits per heavy atom. The third kappa shape index (κ3) is 3.26. The minimum atomic E-state index is -0.289. The molecule has 1 saturated carbocycles. The molecule has 0 unspecified atom stereocenters. The number of H-pyrrole nitrogens is 1. The monoisotopic (exact) mass is 402 g/mol. The number of aromatic nitrogens is 2. The number of amides is 3. The number of aromatic amines is 1.